The van der Waals surface area contributed by atoms with Gasteiger partial charge in [0.05, 0.1) is 0 Å². The number of hydrogen-bond acceptors (Lipinski definition) is 3. The van der Waals surface area contributed by atoms with E-state index in [4.69, 9.17) is 4.74 Å². The lowest BCUT2D eigenvalue weighted by Gasteiger charge is -2.10. The largest absolute Gasteiger partial charge is 0.484 e. The molecule has 0 aromatic heterocycles. The molecule has 2 rings (SSSR count). The van der Waals surface area contributed by atoms with Gasteiger partial charge in [-0.3, -0.25) is 9.59 Å². The Hall–Kier alpha value is -2.82. The fourth-order valence-electron chi connectivity index (χ4n) is 2.24. The number of benzene rings is 2. The van der Waals surface area contributed by atoms with E-state index in [9.17, 15) is 9.59 Å². The molecule has 2 amide bonds. The Morgan fingerprint density at radius 2 is 1.57 bits per heavy atom. The SMILES string of the molecule is CC(=O)Nc1cccc(NC(=O)COc2cc(C)cc(C)c2)c1. The van der Waals surface area contributed by atoms with Gasteiger partial charge in [-0.25, -0.2) is 0 Å². The minimum absolute atomic E-state index is 0.0761. The Kier molecular flexibility index (Phi) is 5.36. The van der Waals surface area contributed by atoms with Crippen molar-refractivity contribution in [1.29, 1.82) is 0 Å². The summed E-state index contributed by atoms with van der Waals surface area (Å²) in [6.07, 6.45) is 0. The van der Waals surface area contributed by atoms with Gasteiger partial charge in [0, 0.05) is 18.3 Å². The molecular formula is C18H20N2O3. The van der Waals surface area contributed by atoms with Gasteiger partial charge in [0.15, 0.2) is 6.61 Å². The highest BCUT2D eigenvalue weighted by Crippen LogP contribution is 2.17. The smallest absolute Gasteiger partial charge is 0.262 e. The summed E-state index contributed by atoms with van der Waals surface area (Å²) < 4.78 is 5.51. The summed E-state index contributed by atoms with van der Waals surface area (Å²) in [5, 5.41) is 5.41. The van der Waals surface area contributed by atoms with E-state index in [2.05, 4.69) is 10.6 Å². The molecule has 5 nitrogen and oxygen atoms in total. The molecule has 0 heterocycles. The molecule has 2 N–H and O–H groups in total. The molecule has 0 bridgehead atoms. The molecule has 0 saturated heterocycles. The fraction of sp³-hybridized carbons (Fsp3) is 0.222. The van der Waals surface area contributed by atoms with E-state index in [0.29, 0.717) is 17.1 Å². The minimum Gasteiger partial charge on any atom is -0.484 e. The van der Waals surface area contributed by atoms with Gasteiger partial charge in [0.25, 0.3) is 5.91 Å². The third-order valence-electron chi connectivity index (χ3n) is 3.03. The Morgan fingerprint density at radius 1 is 0.957 bits per heavy atom. The molecule has 0 aliphatic rings. The first-order chi connectivity index (χ1) is 10.9. The van der Waals surface area contributed by atoms with Crippen molar-refractivity contribution in [3.05, 3.63) is 53.6 Å². The standard InChI is InChI=1S/C18H20N2O3/c1-12-7-13(2)9-17(8-12)23-11-18(22)20-16-6-4-5-15(10-16)19-14(3)21/h4-10H,11H2,1-3H3,(H,19,21)(H,20,22). The number of anilines is 2. The van der Waals surface area contributed by atoms with Crippen LogP contribution in [0.25, 0.3) is 0 Å². The van der Waals surface area contributed by atoms with Crippen LogP contribution in [0.3, 0.4) is 0 Å². The monoisotopic (exact) mass is 312 g/mol. The summed E-state index contributed by atoms with van der Waals surface area (Å²) in [6.45, 7) is 5.32. The summed E-state index contributed by atoms with van der Waals surface area (Å²) >= 11 is 0. The number of amides is 2. The van der Waals surface area contributed by atoms with Gasteiger partial charge in [0.2, 0.25) is 5.91 Å². The quantitative estimate of drug-likeness (QED) is 0.890. The number of rotatable bonds is 5. The summed E-state index contributed by atoms with van der Waals surface area (Å²) in [5.74, 6) is 0.250. The molecule has 120 valence electrons. The van der Waals surface area contributed by atoms with Crippen molar-refractivity contribution in [1.82, 2.24) is 0 Å². The second-order valence-electron chi connectivity index (χ2n) is 5.42. The van der Waals surface area contributed by atoms with Crippen LogP contribution in [-0.2, 0) is 9.59 Å². The van der Waals surface area contributed by atoms with Crippen LogP contribution < -0.4 is 15.4 Å². The molecule has 0 spiro atoms. The normalized spacial score (nSPS) is 10.0. The molecule has 2 aromatic rings. The Bertz CT molecular complexity index is 706. The highest BCUT2D eigenvalue weighted by Gasteiger charge is 2.05. The maximum atomic E-state index is 12.0. The zero-order valence-corrected chi connectivity index (χ0v) is 13.5. The number of carbonyl (C=O) groups is 2. The molecule has 0 aliphatic heterocycles. The number of nitrogens with one attached hydrogen (secondary N) is 2. The molecule has 5 heteroatoms. The van der Waals surface area contributed by atoms with Crippen molar-refractivity contribution < 1.29 is 14.3 Å². The van der Waals surface area contributed by atoms with Crippen LogP contribution in [0.5, 0.6) is 5.75 Å². The summed E-state index contributed by atoms with van der Waals surface area (Å²) in [6, 6.07) is 12.8. The first kappa shape index (κ1) is 16.5. The second-order valence-corrected chi connectivity index (χ2v) is 5.42. The molecule has 2 aromatic carbocycles. The fourth-order valence-corrected chi connectivity index (χ4v) is 2.24. The number of hydrogen-bond donors (Lipinski definition) is 2. The van der Waals surface area contributed by atoms with E-state index in [1.54, 1.807) is 24.3 Å². The summed E-state index contributed by atoms with van der Waals surface area (Å²) in [4.78, 5) is 23.0. The van der Waals surface area contributed by atoms with Gasteiger partial charge in [-0.15, -0.1) is 0 Å². The van der Waals surface area contributed by atoms with Gasteiger partial charge >= 0.3 is 0 Å². The molecule has 0 radical (unpaired) electrons. The van der Waals surface area contributed by atoms with Crippen molar-refractivity contribution in [2.24, 2.45) is 0 Å². The van der Waals surface area contributed by atoms with Gasteiger partial charge in [0.1, 0.15) is 5.75 Å². The predicted octanol–water partition coefficient (Wildman–Crippen LogP) is 3.28. The van der Waals surface area contributed by atoms with E-state index >= 15 is 0 Å². The Balaban J connectivity index is 1.93. The number of carbonyl (C=O) groups excluding carboxylic acids is 2. The number of aryl methyl sites for hydroxylation is 2. The van der Waals surface area contributed by atoms with Crippen molar-refractivity contribution >= 4 is 23.2 Å². The topological polar surface area (TPSA) is 67.4 Å². The molecule has 0 unspecified atom stereocenters. The van der Waals surface area contributed by atoms with Crippen molar-refractivity contribution in [3.8, 4) is 5.75 Å². The molecule has 23 heavy (non-hydrogen) atoms. The van der Waals surface area contributed by atoms with Gasteiger partial charge in [-0.05, 0) is 55.3 Å². The third kappa shape index (κ3) is 5.47. The third-order valence-corrected chi connectivity index (χ3v) is 3.03. The molecule has 0 fully saturated rings. The summed E-state index contributed by atoms with van der Waals surface area (Å²) in [7, 11) is 0. The van der Waals surface area contributed by atoms with E-state index in [0.717, 1.165) is 11.1 Å². The lowest BCUT2D eigenvalue weighted by atomic mass is 10.1. The van der Waals surface area contributed by atoms with Gasteiger partial charge in [-0.1, -0.05) is 12.1 Å². The number of ether oxygens (including phenoxy) is 1. The molecule has 0 aliphatic carbocycles. The van der Waals surface area contributed by atoms with Crippen molar-refractivity contribution in [2.45, 2.75) is 20.8 Å². The Labute approximate surface area is 135 Å². The highest BCUT2D eigenvalue weighted by atomic mass is 16.5. The molecular weight excluding hydrogens is 292 g/mol. The zero-order chi connectivity index (χ0) is 16.8. The van der Waals surface area contributed by atoms with E-state index < -0.39 is 0 Å². The highest BCUT2D eigenvalue weighted by molar-refractivity contribution is 5.94. The molecule has 0 atom stereocenters. The average Bonchev–Trinajstić information content (AvgIpc) is 2.44. The lowest BCUT2D eigenvalue weighted by Crippen LogP contribution is -2.20. The average molecular weight is 312 g/mol. The van der Waals surface area contributed by atoms with Crippen molar-refractivity contribution in [2.75, 3.05) is 17.2 Å². The van der Waals surface area contributed by atoms with E-state index in [1.807, 2.05) is 32.0 Å². The van der Waals surface area contributed by atoms with Crippen LogP contribution in [0.2, 0.25) is 0 Å². The maximum Gasteiger partial charge on any atom is 0.262 e. The van der Waals surface area contributed by atoms with Crippen LogP contribution in [0, 0.1) is 13.8 Å². The van der Waals surface area contributed by atoms with Crippen LogP contribution >= 0.6 is 0 Å². The predicted molar refractivity (Wildman–Crippen MR) is 90.8 cm³/mol. The van der Waals surface area contributed by atoms with Gasteiger partial charge in [-0.2, -0.15) is 0 Å². The first-order valence-corrected chi connectivity index (χ1v) is 7.31. The summed E-state index contributed by atoms with van der Waals surface area (Å²) in [5.41, 5.74) is 3.41. The zero-order valence-electron chi connectivity index (χ0n) is 13.5. The minimum atomic E-state index is -0.260. The van der Waals surface area contributed by atoms with Crippen LogP contribution in [0.15, 0.2) is 42.5 Å². The van der Waals surface area contributed by atoms with Crippen LogP contribution in [0.4, 0.5) is 11.4 Å². The van der Waals surface area contributed by atoms with Crippen molar-refractivity contribution in [3.63, 3.8) is 0 Å². The van der Waals surface area contributed by atoms with Gasteiger partial charge < -0.3 is 15.4 Å². The maximum absolute atomic E-state index is 12.0. The van der Waals surface area contributed by atoms with Crippen LogP contribution in [0.1, 0.15) is 18.1 Å². The molecule has 0 saturated carbocycles. The van der Waals surface area contributed by atoms with E-state index in [1.165, 1.54) is 6.92 Å². The van der Waals surface area contributed by atoms with E-state index in [-0.39, 0.29) is 18.4 Å². The van der Waals surface area contributed by atoms with Crippen LogP contribution in [-0.4, -0.2) is 18.4 Å². The lowest BCUT2D eigenvalue weighted by molar-refractivity contribution is -0.118. The second kappa shape index (κ2) is 7.45. The Morgan fingerprint density at radius 3 is 2.17 bits per heavy atom. The first-order valence-electron chi connectivity index (χ1n) is 7.31.